The molecule has 1 N–H and O–H groups in total. The molecule has 0 saturated heterocycles. The first kappa shape index (κ1) is 13.9. The number of aromatic nitrogens is 1. The number of rotatable bonds is 6. The van der Waals surface area contributed by atoms with Gasteiger partial charge in [0.05, 0.1) is 7.11 Å². The third-order valence-electron chi connectivity index (χ3n) is 3.51. The lowest BCUT2D eigenvalue weighted by atomic mass is 10.2. The Labute approximate surface area is 125 Å². The van der Waals surface area contributed by atoms with E-state index in [0.29, 0.717) is 6.04 Å². The lowest BCUT2D eigenvalue weighted by Crippen LogP contribution is -2.16. The Kier molecular flexibility index (Phi) is 4.06. The topological polar surface area (TPSA) is 43.4 Å². The van der Waals surface area contributed by atoms with Crippen molar-refractivity contribution < 1.29 is 9.47 Å². The van der Waals surface area contributed by atoms with Gasteiger partial charge in [-0.15, -0.1) is 0 Å². The van der Waals surface area contributed by atoms with Crippen LogP contribution in [0.15, 0.2) is 36.5 Å². The maximum Gasteiger partial charge on any atom is 0.135 e. The van der Waals surface area contributed by atoms with E-state index in [1.165, 1.54) is 12.8 Å². The van der Waals surface area contributed by atoms with Crippen molar-refractivity contribution in [2.45, 2.75) is 32.4 Å². The molecule has 110 valence electrons. The van der Waals surface area contributed by atoms with Gasteiger partial charge in [-0.25, -0.2) is 0 Å². The molecular formula is C17H20N2O2. The van der Waals surface area contributed by atoms with Gasteiger partial charge in [-0.1, -0.05) is 6.07 Å². The number of hydrogen-bond donors (Lipinski definition) is 1. The number of pyridine rings is 1. The van der Waals surface area contributed by atoms with Gasteiger partial charge in [0.15, 0.2) is 0 Å². The molecule has 1 heterocycles. The summed E-state index contributed by atoms with van der Waals surface area (Å²) in [7, 11) is 1.65. The largest absolute Gasteiger partial charge is 0.497 e. The van der Waals surface area contributed by atoms with E-state index >= 15 is 0 Å². The molecule has 0 aliphatic heterocycles. The molecule has 21 heavy (non-hydrogen) atoms. The van der Waals surface area contributed by atoms with Gasteiger partial charge in [0.25, 0.3) is 0 Å². The summed E-state index contributed by atoms with van der Waals surface area (Å²) in [5.74, 6) is 2.41. The first-order chi connectivity index (χ1) is 10.2. The van der Waals surface area contributed by atoms with Crippen LogP contribution in [0.5, 0.6) is 17.2 Å². The zero-order valence-corrected chi connectivity index (χ0v) is 12.4. The molecule has 0 bridgehead atoms. The summed E-state index contributed by atoms with van der Waals surface area (Å²) >= 11 is 0. The van der Waals surface area contributed by atoms with Crippen molar-refractivity contribution in [3.63, 3.8) is 0 Å². The fraction of sp³-hybridized carbons (Fsp3) is 0.353. The van der Waals surface area contributed by atoms with E-state index in [1.807, 2.05) is 43.5 Å². The highest BCUT2D eigenvalue weighted by atomic mass is 16.5. The van der Waals surface area contributed by atoms with Gasteiger partial charge in [0, 0.05) is 42.2 Å². The van der Waals surface area contributed by atoms with Gasteiger partial charge >= 0.3 is 0 Å². The zero-order valence-electron chi connectivity index (χ0n) is 12.4. The van der Waals surface area contributed by atoms with Crippen molar-refractivity contribution in [3.8, 4) is 17.2 Å². The molecule has 4 heteroatoms. The SMILES string of the molecule is COc1cccc(Oc2cc(C)ncc2CNC2CC2)c1. The fourth-order valence-corrected chi connectivity index (χ4v) is 2.12. The minimum Gasteiger partial charge on any atom is -0.497 e. The van der Waals surface area contributed by atoms with E-state index < -0.39 is 0 Å². The Morgan fingerprint density at radius 2 is 2.05 bits per heavy atom. The Balaban J connectivity index is 1.79. The van der Waals surface area contributed by atoms with Crippen LogP contribution in [0.25, 0.3) is 0 Å². The summed E-state index contributed by atoms with van der Waals surface area (Å²) in [4.78, 5) is 4.37. The summed E-state index contributed by atoms with van der Waals surface area (Å²) in [5, 5.41) is 3.50. The molecule has 1 saturated carbocycles. The lowest BCUT2D eigenvalue weighted by Gasteiger charge is -2.13. The number of methoxy groups -OCH3 is 1. The quantitative estimate of drug-likeness (QED) is 0.882. The number of ether oxygens (including phenoxy) is 2. The molecule has 1 aliphatic rings. The molecule has 0 amide bonds. The fourth-order valence-electron chi connectivity index (χ4n) is 2.12. The molecule has 0 unspecified atom stereocenters. The van der Waals surface area contributed by atoms with Crippen LogP contribution in [0, 0.1) is 6.92 Å². The minimum absolute atomic E-state index is 0.663. The van der Waals surface area contributed by atoms with E-state index in [-0.39, 0.29) is 0 Å². The number of aryl methyl sites for hydroxylation is 1. The smallest absolute Gasteiger partial charge is 0.135 e. The van der Waals surface area contributed by atoms with Gasteiger partial charge in [-0.3, -0.25) is 4.98 Å². The summed E-state index contributed by atoms with van der Waals surface area (Å²) < 4.78 is 11.3. The van der Waals surface area contributed by atoms with Gasteiger partial charge < -0.3 is 14.8 Å². The summed E-state index contributed by atoms with van der Waals surface area (Å²) in [6.07, 6.45) is 4.43. The molecule has 0 atom stereocenters. The van der Waals surface area contributed by atoms with Gasteiger partial charge in [0.1, 0.15) is 17.2 Å². The second-order valence-electron chi connectivity index (χ2n) is 5.37. The highest BCUT2D eigenvalue weighted by molar-refractivity contribution is 5.40. The second kappa shape index (κ2) is 6.14. The van der Waals surface area contributed by atoms with Crippen LogP contribution in [0.3, 0.4) is 0 Å². The maximum absolute atomic E-state index is 6.03. The third kappa shape index (κ3) is 3.73. The average molecular weight is 284 g/mol. The van der Waals surface area contributed by atoms with Crippen LogP contribution in [0.2, 0.25) is 0 Å². The van der Waals surface area contributed by atoms with Crippen LogP contribution in [-0.2, 0) is 6.54 Å². The maximum atomic E-state index is 6.03. The number of hydrogen-bond acceptors (Lipinski definition) is 4. The average Bonchev–Trinajstić information content (AvgIpc) is 3.31. The van der Waals surface area contributed by atoms with Crippen molar-refractivity contribution >= 4 is 0 Å². The van der Waals surface area contributed by atoms with Crippen LogP contribution in [0.1, 0.15) is 24.1 Å². The van der Waals surface area contributed by atoms with Crippen molar-refractivity contribution in [2.24, 2.45) is 0 Å². The van der Waals surface area contributed by atoms with E-state index in [1.54, 1.807) is 7.11 Å². The van der Waals surface area contributed by atoms with E-state index in [0.717, 1.165) is 35.1 Å². The molecular weight excluding hydrogens is 264 g/mol. The number of nitrogens with zero attached hydrogens (tertiary/aromatic N) is 1. The van der Waals surface area contributed by atoms with E-state index in [4.69, 9.17) is 9.47 Å². The standard InChI is InChI=1S/C17H20N2O2/c1-12-8-17(13(10-18-12)11-19-14-6-7-14)21-16-5-3-4-15(9-16)20-2/h3-5,8-10,14,19H,6-7,11H2,1-2H3. The van der Waals surface area contributed by atoms with Gasteiger partial charge in [-0.05, 0) is 31.9 Å². The summed E-state index contributed by atoms with van der Waals surface area (Å²) in [6.45, 7) is 2.76. The molecule has 2 aromatic rings. The molecule has 4 nitrogen and oxygen atoms in total. The van der Waals surface area contributed by atoms with Crippen LogP contribution in [-0.4, -0.2) is 18.1 Å². The monoisotopic (exact) mass is 284 g/mol. The summed E-state index contributed by atoms with van der Waals surface area (Å²) in [6, 6.07) is 10.3. The number of nitrogens with one attached hydrogen (secondary N) is 1. The molecule has 1 aromatic heterocycles. The van der Waals surface area contributed by atoms with Gasteiger partial charge in [0.2, 0.25) is 0 Å². The third-order valence-corrected chi connectivity index (χ3v) is 3.51. The van der Waals surface area contributed by atoms with Crippen LogP contribution < -0.4 is 14.8 Å². The molecule has 0 spiro atoms. The highest BCUT2D eigenvalue weighted by Crippen LogP contribution is 2.29. The zero-order chi connectivity index (χ0) is 14.7. The molecule has 0 radical (unpaired) electrons. The van der Waals surface area contributed by atoms with Crippen LogP contribution in [0.4, 0.5) is 0 Å². The molecule has 3 rings (SSSR count). The summed E-state index contributed by atoms with van der Waals surface area (Å²) in [5.41, 5.74) is 2.03. The predicted octanol–water partition coefficient (Wildman–Crippen LogP) is 3.44. The predicted molar refractivity (Wildman–Crippen MR) is 81.9 cm³/mol. The van der Waals surface area contributed by atoms with Crippen molar-refractivity contribution in [1.82, 2.24) is 10.3 Å². The Morgan fingerprint density at radius 1 is 1.24 bits per heavy atom. The number of benzene rings is 1. The Bertz CT molecular complexity index is 624. The minimum atomic E-state index is 0.663. The Hall–Kier alpha value is -2.07. The second-order valence-corrected chi connectivity index (χ2v) is 5.37. The first-order valence-corrected chi connectivity index (χ1v) is 7.25. The molecule has 1 fully saturated rings. The van der Waals surface area contributed by atoms with E-state index in [9.17, 15) is 0 Å². The van der Waals surface area contributed by atoms with Crippen molar-refractivity contribution in [3.05, 3.63) is 47.8 Å². The molecule has 1 aromatic carbocycles. The van der Waals surface area contributed by atoms with Crippen LogP contribution >= 0.6 is 0 Å². The normalized spacial score (nSPS) is 14.0. The Morgan fingerprint density at radius 3 is 2.81 bits per heavy atom. The van der Waals surface area contributed by atoms with Gasteiger partial charge in [-0.2, -0.15) is 0 Å². The first-order valence-electron chi connectivity index (χ1n) is 7.25. The molecule has 1 aliphatic carbocycles. The lowest BCUT2D eigenvalue weighted by molar-refractivity contribution is 0.408. The highest BCUT2D eigenvalue weighted by Gasteiger charge is 2.20. The van der Waals surface area contributed by atoms with Crippen molar-refractivity contribution in [1.29, 1.82) is 0 Å². The van der Waals surface area contributed by atoms with Crippen molar-refractivity contribution in [2.75, 3.05) is 7.11 Å². The van der Waals surface area contributed by atoms with E-state index in [2.05, 4.69) is 10.3 Å².